The van der Waals surface area contributed by atoms with Crippen molar-refractivity contribution in [2.75, 3.05) is 12.3 Å². The Morgan fingerprint density at radius 3 is 2.27 bits per heavy atom. The fourth-order valence-electron chi connectivity index (χ4n) is 2.72. The van der Waals surface area contributed by atoms with Gasteiger partial charge in [-0.3, -0.25) is 14.2 Å². The molecule has 0 aliphatic carbocycles. The number of rotatable bonds is 10. The monoisotopic (exact) mass is 381 g/mol. The second-order valence-electron chi connectivity index (χ2n) is 7.04. The van der Waals surface area contributed by atoms with Gasteiger partial charge in [-0.1, -0.05) is 49.8 Å². The molecule has 0 heterocycles. The zero-order valence-corrected chi connectivity index (χ0v) is 16.4. The number of hydrogen-bond donors (Lipinski definition) is 3. The van der Waals surface area contributed by atoms with Crippen LogP contribution in [0.15, 0.2) is 29.8 Å². The van der Waals surface area contributed by atoms with Crippen molar-refractivity contribution in [1.29, 1.82) is 0 Å². The molecule has 4 N–H and O–H groups in total. The van der Waals surface area contributed by atoms with Crippen molar-refractivity contribution in [1.82, 2.24) is 0 Å². The fraction of sp³-hybridized carbons (Fsp3) is 0.474. The Morgan fingerprint density at radius 2 is 1.81 bits per heavy atom. The van der Waals surface area contributed by atoms with Crippen LogP contribution in [0.1, 0.15) is 50.7 Å². The predicted octanol–water partition coefficient (Wildman–Crippen LogP) is 3.45. The van der Waals surface area contributed by atoms with E-state index in [1.54, 1.807) is 6.92 Å². The zero-order chi connectivity index (χ0) is 19.9. The number of allylic oxidation sites excluding steroid dienone is 1. The Balaban J connectivity index is 2.78. The smallest absolute Gasteiger partial charge is 0.307 e. The number of aliphatic carboxylic acids is 1. The second kappa shape index (κ2) is 9.70. The molecule has 1 amide bonds. The molecule has 144 valence electrons. The average Bonchev–Trinajstić information content (AvgIpc) is 2.50. The van der Waals surface area contributed by atoms with Crippen molar-refractivity contribution in [3.63, 3.8) is 0 Å². The molecule has 2 atom stereocenters. The first-order chi connectivity index (χ1) is 12.0. The minimum absolute atomic E-state index is 0.0331. The van der Waals surface area contributed by atoms with Crippen molar-refractivity contribution >= 4 is 25.3 Å². The molecule has 0 fully saturated rings. The van der Waals surface area contributed by atoms with Crippen molar-refractivity contribution in [2.45, 2.75) is 39.5 Å². The average molecular weight is 381 g/mol. The molecule has 0 bridgehead atoms. The summed E-state index contributed by atoms with van der Waals surface area (Å²) in [7, 11) is -3.68. The topological polar surface area (TPSA) is 118 Å². The lowest BCUT2D eigenvalue weighted by molar-refractivity contribution is -0.141. The number of carbonyl (C=O) groups excluding carboxylic acids is 1. The third-order valence-corrected chi connectivity index (χ3v) is 6.11. The third-order valence-electron chi connectivity index (χ3n) is 4.11. The van der Waals surface area contributed by atoms with E-state index in [0.717, 1.165) is 5.56 Å². The van der Waals surface area contributed by atoms with Gasteiger partial charge in [-0.25, -0.2) is 0 Å². The van der Waals surface area contributed by atoms with E-state index in [0.29, 0.717) is 11.5 Å². The van der Waals surface area contributed by atoms with Gasteiger partial charge in [-0.05, 0) is 30.4 Å². The van der Waals surface area contributed by atoms with E-state index in [9.17, 15) is 24.2 Å². The van der Waals surface area contributed by atoms with Gasteiger partial charge >= 0.3 is 5.97 Å². The number of carboxylic acid groups (broad SMARTS) is 1. The quantitative estimate of drug-likeness (QED) is 0.537. The molecular formula is C19H28NO5P. The van der Waals surface area contributed by atoms with Crippen LogP contribution < -0.4 is 5.73 Å². The number of nitrogens with two attached hydrogens (primary N) is 1. The summed E-state index contributed by atoms with van der Waals surface area (Å²) in [5.41, 5.74) is 7.87. The van der Waals surface area contributed by atoms with Gasteiger partial charge in [0.05, 0.1) is 5.92 Å². The van der Waals surface area contributed by atoms with Crippen LogP contribution in [0, 0.1) is 5.92 Å². The molecule has 1 rings (SSSR count). The van der Waals surface area contributed by atoms with E-state index in [4.69, 9.17) is 5.73 Å². The molecule has 26 heavy (non-hydrogen) atoms. The predicted molar refractivity (Wildman–Crippen MR) is 103 cm³/mol. The Kier molecular flexibility index (Phi) is 8.25. The Bertz CT molecular complexity index is 709. The minimum atomic E-state index is -3.68. The van der Waals surface area contributed by atoms with Gasteiger partial charge in [0, 0.05) is 18.7 Å². The van der Waals surface area contributed by atoms with Crippen LogP contribution in [0.25, 0.3) is 6.08 Å². The Labute approximate surface area is 154 Å². The van der Waals surface area contributed by atoms with Gasteiger partial charge in [-0.2, -0.15) is 0 Å². The van der Waals surface area contributed by atoms with Crippen LogP contribution in [-0.2, 0) is 14.2 Å². The van der Waals surface area contributed by atoms with Gasteiger partial charge < -0.3 is 15.7 Å². The van der Waals surface area contributed by atoms with Crippen LogP contribution in [0.5, 0.6) is 0 Å². The van der Waals surface area contributed by atoms with Crippen molar-refractivity contribution < 1.29 is 24.2 Å². The van der Waals surface area contributed by atoms with E-state index in [2.05, 4.69) is 13.8 Å². The van der Waals surface area contributed by atoms with Crippen molar-refractivity contribution in [3.8, 4) is 0 Å². The maximum Gasteiger partial charge on any atom is 0.307 e. The van der Waals surface area contributed by atoms with Gasteiger partial charge in [-0.15, -0.1) is 0 Å². The zero-order valence-electron chi connectivity index (χ0n) is 15.5. The molecule has 0 aliphatic heterocycles. The highest BCUT2D eigenvalue weighted by Crippen LogP contribution is 2.45. The SMILES string of the molecule is C/C(=C\c1ccc(C(C)C)cc1)CP(=O)(O)CC(CCC(N)=O)C(=O)O. The van der Waals surface area contributed by atoms with E-state index in [1.165, 1.54) is 5.56 Å². The van der Waals surface area contributed by atoms with E-state index in [-0.39, 0.29) is 25.2 Å². The number of primary amides is 1. The molecule has 1 aromatic carbocycles. The second-order valence-corrected chi connectivity index (χ2v) is 9.41. The summed E-state index contributed by atoms with van der Waals surface area (Å²) < 4.78 is 12.5. The van der Waals surface area contributed by atoms with Crippen LogP contribution >= 0.6 is 7.37 Å². The number of carbonyl (C=O) groups is 2. The minimum Gasteiger partial charge on any atom is -0.481 e. The molecule has 2 unspecified atom stereocenters. The van der Waals surface area contributed by atoms with Crippen LogP contribution in [-0.4, -0.2) is 34.2 Å². The molecular weight excluding hydrogens is 353 g/mol. The highest BCUT2D eigenvalue weighted by molar-refractivity contribution is 7.58. The summed E-state index contributed by atoms with van der Waals surface area (Å²) >= 11 is 0. The fourth-order valence-corrected chi connectivity index (χ4v) is 4.74. The molecule has 0 aliphatic rings. The molecule has 6 nitrogen and oxygen atoms in total. The lowest BCUT2D eigenvalue weighted by atomic mass is 10.0. The van der Waals surface area contributed by atoms with Crippen molar-refractivity contribution in [3.05, 3.63) is 41.0 Å². The number of amides is 1. The number of benzene rings is 1. The molecule has 0 radical (unpaired) electrons. The highest BCUT2D eigenvalue weighted by Gasteiger charge is 2.29. The summed E-state index contributed by atoms with van der Waals surface area (Å²) in [6.45, 7) is 5.96. The maximum atomic E-state index is 12.5. The van der Waals surface area contributed by atoms with E-state index in [1.807, 2.05) is 30.3 Å². The summed E-state index contributed by atoms with van der Waals surface area (Å²) in [5, 5.41) is 9.19. The van der Waals surface area contributed by atoms with Gasteiger partial charge in [0.1, 0.15) is 0 Å². The lowest BCUT2D eigenvalue weighted by Crippen LogP contribution is -2.22. The Hall–Kier alpha value is -1.91. The number of carboxylic acids is 1. The van der Waals surface area contributed by atoms with Gasteiger partial charge in [0.15, 0.2) is 0 Å². The molecule has 7 heteroatoms. The summed E-state index contributed by atoms with van der Waals surface area (Å²) in [5.74, 6) is -2.44. The van der Waals surface area contributed by atoms with Crippen molar-refractivity contribution in [2.24, 2.45) is 11.7 Å². The number of hydrogen-bond acceptors (Lipinski definition) is 3. The van der Waals surface area contributed by atoms with Gasteiger partial charge in [0.25, 0.3) is 0 Å². The summed E-state index contributed by atoms with van der Waals surface area (Å²) in [6, 6.07) is 7.95. The van der Waals surface area contributed by atoms with Crippen LogP contribution in [0.4, 0.5) is 0 Å². The first-order valence-corrected chi connectivity index (χ1v) is 10.6. The highest BCUT2D eigenvalue weighted by atomic mass is 31.2. The third kappa shape index (κ3) is 7.98. The molecule has 0 saturated carbocycles. The molecule has 1 aromatic rings. The molecule has 0 spiro atoms. The summed E-state index contributed by atoms with van der Waals surface area (Å²) in [4.78, 5) is 32.3. The van der Waals surface area contributed by atoms with E-state index < -0.39 is 25.2 Å². The van der Waals surface area contributed by atoms with Crippen LogP contribution in [0.2, 0.25) is 0 Å². The normalized spacial score (nSPS) is 15.5. The maximum absolute atomic E-state index is 12.5. The Morgan fingerprint density at radius 1 is 1.23 bits per heavy atom. The standard InChI is InChI=1S/C19H28NO5P/c1-13(2)16-6-4-15(5-7-16)10-14(3)11-26(24,25)12-17(19(22)23)8-9-18(20)21/h4-7,10,13,17H,8-9,11-12H2,1-3H3,(H2,20,21)(H,22,23)(H,24,25)/b14-10+. The van der Waals surface area contributed by atoms with Gasteiger partial charge in [0.2, 0.25) is 13.3 Å². The largest absolute Gasteiger partial charge is 0.481 e. The lowest BCUT2D eigenvalue weighted by Gasteiger charge is -2.17. The molecule has 0 aromatic heterocycles. The first kappa shape index (κ1) is 22.1. The van der Waals surface area contributed by atoms with E-state index >= 15 is 0 Å². The summed E-state index contributed by atoms with van der Waals surface area (Å²) in [6.07, 6.45) is 1.22. The first-order valence-electron chi connectivity index (χ1n) is 8.59. The molecule has 0 saturated heterocycles. The van der Waals surface area contributed by atoms with Crippen LogP contribution in [0.3, 0.4) is 0 Å².